The van der Waals surface area contributed by atoms with Crippen LogP contribution in [0.1, 0.15) is 19.8 Å². The number of nitrogens with one attached hydrogen (secondary N) is 3. The van der Waals surface area contributed by atoms with E-state index in [0.717, 1.165) is 25.9 Å². The number of benzene rings is 1. The van der Waals surface area contributed by atoms with E-state index in [4.69, 9.17) is 0 Å². The molecule has 2 amide bonds. The molecule has 3 N–H and O–H groups in total. The molecule has 1 fully saturated rings. The summed E-state index contributed by atoms with van der Waals surface area (Å²) in [5.41, 5.74) is 0.464. The fraction of sp³-hybridized carbons (Fsp3) is 0.500. The summed E-state index contributed by atoms with van der Waals surface area (Å²) in [5.74, 6) is 0.0920. The maximum absolute atomic E-state index is 13.0. The van der Waals surface area contributed by atoms with Crippen molar-refractivity contribution in [3.05, 3.63) is 30.1 Å². The molecule has 1 aliphatic rings. The Labute approximate surface area is 112 Å². The third kappa shape index (κ3) is 4.21. The van der Waals surface area contributed by atoms with Gasteiger partial charge >= 0.3 is 6.03 Å². The van der Waals surface area contributed by atoms with Crippen LogP contribution in [0.3, 0.4) is 0 Å². The van der Waals surface area contributed by atoms with E-state index >= 15 is 0 Å². The Morgan fingerprint density at radius 2 is 2.37 bits per heavy atom. The lowest BCUT2D eigenvalue weighted by atomic mass is 9.93. The van der Waals surface area contributed by atoms with E-state index in [-0.39, 0.29) is 17.9 Å². The number of carbonyl (C=O) groups is 1. The first kappa shape index (κ1) is 13.8. The van der Waals surface area contributed by atoms with E-state index in [1.807, 2.05) is 6.92 Å². The van der Waals surface area contributed by atoms with E-state index < -0.39 is 0 Å². The molecule has 5 heteroatoms. The summed E-state index contributed by atoms with van der Waals surface area (Å²) >= 11 is 0. The van der Waals surface area contributed by atoms with Crippen LogP contribution >= 0.6 is 0 Å². The molecule has 0 radical (unpaired) electrons. The smallest absolute Gasteiger partial charge is 0.319 e. The first-order valence-electron chi connectivity index (χ1n) is 6.69. The van der Waals surface area contributed by atoms with Crippen LogP contribution in [0.15, 0.2) is 24.3 Å². The highest BCUT2D eigenvalue weighted by atomic mass is 19.1. The van der Waals surface area contributed by atoms with Gasteiger partial charge in [0.15, 0.2) is 0 Å². The van der Waals surface area contributed by atoms with Crippen LogP contribution in [0.4, 0.5) is 14.9 Å². The number of carbonyl (C=O) groups excluding carboxylic acids is 1. The molecule has 1 saturated heterocycles. The Bertz CT molecular complexity index is 432. The molecule has 1 aromatic carbocycles. The number of halogens is 1. The van der Waals surface area contributed by atoms with Crippen molar-refractivity contribution in [1.29, 1.82) is 0 Å². The molecule has 1 aromatic rings. The molecule has 0 spiro atoms. The summed E-state index contributed by atoms with van der Waals surface area (Å²) in [5, 5.41) is 8.87. The van der Waals surface area contributed by atoms with Crippen LogP contribution in [0.25, 0.3) is 0 Å². The highest BCUT2D eigenvalue weighted by molar-refractivity contribution is 5.89. The van der Waals surface area contributed by atoms with Crippen molar-refractivity contribution < 1.29 is 9.18 Å². The molecule has 2 unspecified atom stereocenters. The predicted molar refractivity (Wildman–Crippen MR) is 73.6 cm³/mol. The Morgan fingerprint density at radius 1 is 1.53 bits per heavy atom. The van der Waals surface area contributed by atoms with Crippen molar-refractivity contribution in [2.45, 2.75) is 25.8 Å². The largest absolute Gasteiger partial charge is 0.335 e. The number of piperidine rings is 1. The van der Waals surface area contributed by atoms with Gasteiger partial charge in [-0.05, 0) is 57.0 Å². The predicted octanol–water partition coefficient (Wildman–Crippen LogP) is 2.34. The van der Waals surface area contributed by atoms with E-state index in [1.54, 1.807) is 12.1 Å². The summed E-state index contributed by atoms with van der Waals surface area (Å²) in [6.45, 7) is 3.99. The fourth-order valence-corrected chi connectivity index (χ4v) is 2.36. The van der Waals surface area contributed by atoms with Crippen molar-refractivity contribution >= 4 is 11.7 Å². The minimum atomic E-state index is -0.359. The molecule has 0 aromatic heterocycles. The molecule has 0 bridgehead atoms. The monoisotopic (exact) mass is 265 g/mol. The van der Waals surface area contributed by atoms with Gasteiger partial charge in [-0.15, -0.1) is 0 Å². The van der Waals surface area contributed by atoms with Gasteiger partial charge in [-0.25, -0.2) is 9.18 Å². The summed E-state index contributed by atoms with van der Waals surface area (Å²) in [4.78, 5) is 11.8. The molecule has 4 nitrogen and oxygen atoms in total. The summed E-state index contributed by atoms with van der Waals surface area (Å²) in [6, 6.07) is 5.69. The summed E-state index contributed by atoms with van der Waals surface area (Å²) in [7, 11) is 0. The van der Waals surface area contributed by atoms with Gasteiger partial charge < -0.3 is 16.0 Å². The zero-order chi connectivity index (χ0) is 13.7. The molecule has 2 rings (SSSR count). The number of urea groups is 1. The molecule has 19 heavy (non-hydrogen) atoms. The molecule has 2 atom stereocenters. The zero-order valence-electron chi connectivity index (χ0n) is 11.1. The van der Waals surface area contributed by atoms with Gasteiger partial charge in [0.2, 0.25) is 0 Å². The fourth-order valence-electron chi connectivity index (χ4n) is 2.36. The number of anilines is 1. The first-order chi connectivity index (χ1) is 9.15. The minimum absolute atomic E-state index is 0.0985. The Balaban J connectivity index is 1.83. The molecular formula is C14H20FN3O. The molecule has 1 heterocycles. The van der Waals surface area contributed by atoms with Crippen LogP contribution in [0.5, 0.6) is 0 Å². The van der Waals surface area contributed by atoms with E-state index in [9.17, 15) is 9.18 Å². The van der Waals surface area contributed by atoms with E-state index in [0.29, 0.717) is 11.6 Å². The second kappa shape index (κ2) is 6.52. The highest BCUT2D eigenvalue weighted by Gasteiger charge is 2.21. The zero-order valence-corrected chi connectivity index (χ0v) is 11.1. The topological polar surface area (TPSA) is 53.2 Å². The van der Waals surface area contributed by atoms with Gasteiger partial charge in [0.05, 0.1) is 0 Å². The summed E-state index contributed by atoms with van der Waals surface area (Å²) < 4.78 is 13.0. The molecule has 0 aliphatic carbocycles. The maximum Gasteiger partial charge on any atom is 0.319 e. The first-order valence-corrected chi connectivity index (χ1v) is 6.69. The quantitative estimate of drug-likeness (QED) is 0.785. The molecule has 1 aliphatic heterocycles. The molecular weight excluding hydrogens is 245 g/mol. The van der Waals surface area contributed by atoms with Crippen molar-refractivity contribution in [3.63, 3.8) is 0 Å². The standard InChI is InChI=1S/C14H20FN3O/c1-10(11-4-3-7-16-9-11)17-14(19)18-13-6-2-5-12(15)8-13/h2,5-6,8,10-11,16H,3-4,7,9H2,1H3,(H2,17,18,19). The highest BCUT2D eigenvalue weighted by Crippen LogP contribution is 2.14. The third-order valence-corrected chi connectivity index (χ3v) is 3.48. The number of hydrogen-bond donors (Lipinski definition) is 3. The molecule has 0 saturated carbocycles. The average molecular weight is 265 g/mol. The van der Waals surface area contributed by atoms with Crippen LogP contribution < -0.4 is 16.0 Å². The average Bonchev–Trinajstić information content (AvgIpc) is 2.39. The van der Waals surface area contributed by atoms with Gasteiger partial charge in [0.1, 0.15) is 5.82 Å². The van der Waals surface area contributed by atoms with Gasteiger partial charge in [-0.2, -0.15) is 0 Å². The van der Waals surface area contributed by atoms with Crippen LogP contribution in [0, 0.1) is 11.7 Å². The summed E-state index contributed by atoms with van der Waals surface area (Å²) in [6.07, 6.45) is 2.26. The normalized spacial score (nSPS) is 20.6. The SMILES string of the molecule is CC(NC(=O)Nc1cccc(F)c1)C1CCCNC1. The Kier molecular flexibility index (Phi) is 4.74. The lowest BCUT2D eigenvalue weighted by Gasteiger charge is -2.28. The number of hydrogen-bond acceptors (Lipinski definition) is 2. The van der Waals surface area contributed by atoms with Crippen LogP contribution in [-0.2, 0) is 0 Å². The van der Waals surface area contributed by atoms with Crippen molar-refractivity contribution in [2.75, 3.05) is 18.4 Å². The van der Waals surface area contributed by atoms with Crippen molar-refractivity contribution in [1.82, 2.24) is 10.6 Å². The van der Waals surface area contributed by atoms with Gasteiger partial charge in [-0.3, -0.25) is 0 Å². The van der Waals surface area contributed by atoms with Crippen molar-refractivity contribution in [2.24, 2.45) is 5.92 Å². The minimum Gasteiger partial charge on any atom is -0.335 e. The van der Waals surface area contributed by atoms with Gasteiger partial charge in [0.25, 0.3) is 0 Å². The van der Waals surface area contributed by atoms with Gasteiger partial charge in [0, 0.05) is 11.7 Å². The maximum atomic E-state index is 13.0. The van der Waals surface area contributed by atoms with Crippen LogP contribution in [0.2, 0.25) is 0 Å². The van der Waals surface area contributed by atoms with E-state index in [1.165, 1.54) is 12.1 Å². The van der Waals surface area contributed by atoms with Crippen molar-refractivity contribution in [3.8, 4) is 0 Å². The van der Waals surface area contributed by atoms with Crippen LogP contribution in [-0.4, -0.2) is 25.2 Å². The molecule has 104 valence electrons. The second-order valence-electron chi connectivity index (χ2n) is 5.00. The Morgan fingerprint density at radius 3 is 3.05 bits per heavy atom. The Hall–Kier alpha value is -1.62. The lowest BCUT2D eigenvalue weighted by molar-refractivity contribution is 0.238. The number of amides is 2. The second-order valence-corrected chi connectivity index (χ2v) is 5.00. The van der Waals surface area contributed by atoms with Gasteiger partial charge in [-0.1, -0.05) is 6.07 Å². The third-order valence-electron chi connectivity index (χ3n) is 3.48. The van der Waals surface area contributed by atoms with E-state index in [2.05, 4.69) is 16.0 Å². The lowest BCUT2D eigenvalue weighted by Crippen LogP contribution is -2.45. The number of rotatable bonds is 3.